The molecule has 0 aromatic rings. The van der Waals surface area contributed by atoms with Crippen LogP contribution in [0.15, 0.2) is 48.6 Å². The summed E-state index contributed by atoms with van der Waals surface area (Å²) in [6.07, 6.45) is 52.2. The van der Waals surface area contributed by atoms with Gasteiger partial charge in [-0.1, -0.05) is 223 Å². The van der Waals surface area contributed by atoms with Gasteiger partial charge < -0.3 is 24.2 Å². The maximum Gasteiger partial charge on any atom is 0.472 e. The van der Waals surface area contributed by atoms with Crippen molar-refractivity contribution in [1.29, 1.82) is 0 Å². The number of hydrogen-bond acceptors (Lipinski definition) is 10. The third-order valence-corrected chi connectivity index (χ3v) is 12.7. The van der Waals surface area contributed by atoms with Crippen molar-refractivity contribution in [3.63, 3.8) is 0 Å². The van der Waals surface area contributed by atoms with Gasteiger partial charge in [0.1, 0.15) is 12.7 Å². The number of unbranched alkanes of at least 4 members (excludes halogenated alkanes) is 26. The number of aliphatic hydroxyl groups excluding tert-OH is 1. The Morgan fingerprint density at radius 2 is 0.765 bits per heavy atom. The summed E-state index contributed by atoms with van der Waals surface area (Å²) in [5.74, 6) is -1.47. The van der Waals surface area contributed by atoms with Gasteiger partial charge in [-0.2, -0.15) is 0 Å². The summed E-state index contributed by atoms with van der Waals surface area (Å²) in [5.41, 5.74) is 0. The van der Waals surface area contributed by atoms with Gasteiger partial charge in [0.2, 0.25) is 0 Å². The average Bonchev–Trinajstić information content (AvgIpc) is 3.32. The van der Waals surface area contributed by atoms with E-state index >= 15 is 0 Å². The number of carbonyl (C=O) groups is 3. The van der Waals surface area contributed by atoms with Gasteiger partial charge in [0.15, 0.2) is 6.10 Å². The number of ether oxygens (including phenoxy) is 3. The van der Waals surface area contributed by atoms with Crippen LogP contribution >= 0.6 is 7.82 Å². The molecule has 0 saturated carbocycles. The molecule has 0 spiro atoms. The second-order valence-corrected chi connectivity index (χ2v) is 19.8. The Morgan fingerprint density at radius 1 is 0.426 bits per heavy atom. The van der Waals surface area contributed by atoms with Crippen LogP contribution in [-0.2, 0) is 42.2 Å². The molecule has 68 heavy (non-hydrogen) atoms. The van der Waals surface area contributed by atoms with E-state index in [0.29, 0.717) is 19.3 Å². The quantitative estimate of drug-likeness (QED) is 0.0197. The Balaban J connectivity index is 4.73. The van der Waals surface area contributed by atoms with Crippen molar-refractivity contribution < 1.29 is 52.2 Å². The minimum absolute atomic E-state index is 0.154. The molecule has 12 heteroatoms. The first-order chi connectivity index (χ1) is 33.2. The number of phosphoric acid groups is 1. The van der Waals surface area contributed by atoms with E-state index < -0.39 is 57.8 Å². The molecule has 0 aliphatic heterocycles. The molecule has 0 heterocycles. The molecule has 3 unspecified atom stereocenters. The van der Waals surface area contributed by atoms with Crippen LogP contribution < -0.4 is 0 Å². The maximum atomic E-state index is 12.9. The molecule has 0 aromatic heterocycles. The highest BCUT2D eigenvalue weighted by Crippen LogP contribution is 2.43. The Bertz CT molecular complexity index is 1330. The molecule has 3 atom stereocenters. The normalized spacial score (nSPS) is 13.8. The topological polar surface area (TPSA) is 155 Å². The smallest absolute Gasteiger partial charge is 0.462 e. The van der Waals surface area contributed by atoms with Crippen molar-refractivity contribution in [1.82, 2.24) is 0 Å². The van der Waals surface area contributed by atoms with Crippen LogP contribution in [0.1, 0.15) is 252 Å². The lowest BCUT2D eigenvalue weighted by molar-refractivity contribution is -0.161. The number of esters is 3. The molecule has 0 aromatic carbocycles. The van der Waals surface area contributed by atoms with E-state index in [0.717, 1.165) is 103 Å². The zero-order chi connectivity index (χ0) is 49.9. The SMILES string of the molecule is CC/C=C\C/C=C\C/C=C\C/C=C\CCCCCCCCC(=O)OC(COC(=O)CCCCCCCCCCCCCCC)COP(=O)(O)OCC(CO)OC(=O)CCCCCCCCCCC. The minimum Gasteiger partial charge on any atom is -0.462 e. The standard InChI is InChI=1S/C56H101O11P/c1-4-7-10-13-16-19-21-23-24-25-26-27-28-30-32-35-38-41-44-47-56(60)67-53(49-63-54(58)45-42-39-36-34-31-29-22-20-17-14-11-8-5-2)51-65-68(61,62)64-50-52(48-57)66-55(59)46-43-40-37-33-18-15-12-9-6-3/h7,10,16,19,23-24,26-27,52-53,57H,4-6,8-9,11-15,17-18,20-22,25,28-51H2,1-3H3,(H,61,62)/b10-7-,19-16-,24-23-,27-26-. The lowest BCUT2D eigenvalue weighted by Crippen LogP contribution is -2.30. The molecule has 11 nitrogen and oxygen atoms in total. The third-order valence-electron chi connectivity index (χ3n) is 11.8. The van der Waals surface area contributed by atoms with E-state index in [9.17, 15) is 28.9 Å². The number of hydrogen-bond donors (Lipinski definition) is 2. The summed E-state index contributed by atoms with van der Waals surface area (Å²) in [5, 5.41) is 9.76. The zero-order valence-electron chi connectivity index (χ0n) is 43.6. The molecule has 0 saturated heterocycles. The summed E-state index contributed by atoms with van der Waals surface area (Å²) >= 11 is 0. The fourth-order valence-electron chi connectivity index (χ4n) is 7.58. The summed E-state index contributed by atoms with van der Waals surface area (Å²) < 4.78 is 39.4. The molecular formula is C56H101O11P. The largest absolute Gasteiger partial charge is 0.472 e. The number of allylic oxidation sites excluding steroid dienone is 8. The van der Waals surface area contributed by atoms with Crippen molar-refractivity contribution in [3.05, 3.63) is 48.6 Å². The highest BCUT2D eigenvalue weighted by Gasteiger charge is 2.28. The number of carbonyl (C=O) groups excluding carboxylic acids is 3. The van der Waals surface area contributed by atoms with Gasteiger partial charge in [0.25, 0.3) is 0 Å². The first-order valence-electron chi connectivity index (χ1n) is 27.5. The van der Waals surface area contributed by atoms with Crippen LogP contribution in [0.3, 0.4) is 0 Å². The number of phosphoric ester groups is 1. The first-order valence-corrected chi connectivity index (χ1v) is 29.0. The Morgan fingerprint density at radius 3 is 1.18 bits per heavy atom. The van der Waals surface area contributed by atoms with Gasteiger partial charge in [-0.15, -0.1) is 0 Å². The fourth-order valence-corrected chi connectivity index (χ4v) is 8.37. The second kappa shape index (κ2) is 50.8. The molecule has 0 radical (unpaired) electrons. The van der Waals surface area contributed by atoms with Crippen molar-refractivity contribution in [2.75, 3.05) is 26.4 Å². The Kier molecular flexibility index (Phi) is 48.9. The third kappa shape index (κ3) is 48.5. The van der Waals surface area contributed by atoms with Crippen LogP contribution in [0.5, 0.6) is 0 Å². The van der Waals surface area contributed by atoms with Crippen LogP contribution in [0, 0.1) is 0 Å². The van der Waals surface area contributed by atoms with Crippen molar-refractivity contribution in [2.45, 2.75) is 264 Å². The number of aliphatic hydroxyl groups is 1. The first kappa shape index (κ1) is 65.4. The van der Waals surface area contributed by atoms with E-state index in [-0.39, 0.29) is 25.9 Å². The fraction of sp³-hybridized carbons (Fsp3) is 0.804. The van der Waals surface area contributed by atoms with Gasteiger partial charge >= 0.3 is 25.7 Å². The summed E-state index contributed by atoms with van der Waals surface area (Å²) in [6, 6.07) is 0. The van der Waals surface area contributed by atoms with E-state index in [2.05, 4.69) is 69.4 Å². The second-order valence-electron chi connectivity index (χ2n) is 18.4. The molecule has 0 fully saturated rings. The molecule has 0 amide bonds. The monoisotopic (exact) mass is 981 g/mol. The molecule has 0 aliphatic rings. The van der Waals surface area contributed by atoms with Gasteiger partial charge in [-0.25, -0.2) is 4.57 Å². The number of rotatable bonds is 51. The molecule has 0 aliphatic carbocycles. The molecule has 0 bridgehead atoms. The minimum atomic E-state index is -4.74. The lowest BCUT2D eigenvalue weighted by atomic mass is 10.0. The van der Waals surface area contributed by atoms with Gasteiger partial charge in [0.05, 0.1) is 19.8 Å². The van der Waals surface area contributed by atoms with E-state index in [1.54, 1.807) is 0 Å². The van der Waals surface area contributed by atoms with Crippen LogP contribution in [0.4, 0.5) is 0 Å². The van der Waals surface area contributed by atoms with Crippen LogP contribution in [0.2, 0.25) is 0 Å². The van der Waals surface area contributed by atoms with Crippen LogP contribution in [-0.4, -0.2) is 66.5 Å². The van der Waals surface area contributed by atoms with E-state index in [4.69, 9.17) is 23.3 Å². The highest BCUT2D eigenvalue weighted by molar-refractivity contribution is 7.47. The zero-order valence-corrected chi connectivity index (χ0v) is 44.5. The molecule has 0 rings (SSSR count). The molecule has 396 valence electrons. The molecule has 2 N–H and O–H groups in total. The van der Waals surface area contributed by atoms with Gasteiger partial charge in [-0.3, -0.25) is 23.4 Å². The summed E-state index contributed by atoms with van der Waals surface area (Å²) in [6.45, 7) is 4.50. The highest BCUT2D eigenvalue weighted by atomic mass is 31.2. The predicted molar refractivity (Wildman–Crippen MR) is 279 cm³/mol. The van der Waals surface area contributed by atoms with Crippen LogP contribution in [0.25, 0.3) is 0 Å². The molecular weight excluding hydrogens is 880 g/mol. The average molecular weight is 981 g/mol. The van der Waals surface area contributed by atoms with Crippen molar-refractivity contribution in [3.8, 4) is 0 Å². The van der Waals surface area contributed by atoms with Gasteiger partial charge in [-0.05, 0) is 57.8 Å². The van der Waals surface area contributed by atoms with E-state index in [1.165, 1.54) is 89.9 Å². The maximum absolute atomic E-state index is 12.9. The summed E-state index contributed by atoms with van der Waals surface area (Å²) in [7, 11) is -4.74. The predicted octanol–water partition coefficient (Wildman–Crippen LogP) is 15.8. The van der Waals surface area contributed by atoms with E-state index in [1.807, 2.05) is 0 Å². The van der Waals surface area contributed by atoms with Crippen molar-refractivity contribution in [2.24, 2.45) is 0 Å². The Hall–Kier alpha value is -2.56. The van der Waals surface area contributed by atoms with Gasteiger partial charge in [0, 0.05) is 19.3 Å². The summed E-state index contributed by atoms with van der Waals surface area (Å²) in [4.78, 5) is 48.3. The Labute approximate surface area is 415 Å². The lowest BCUT2D eigenvalue weighted by Gasteiger charge is -2.21. The van der Waals surface area contributed by atoms with Crippen molar-refractivity contribution >= 4 is 25.7 Å².